The van der Waals surface area contributed by atoms with E-state index in [-0.39, 0.29) is 11.0 Å². The molecule has 1 aliphatic heterocycles. The molecule has 0 aromatic heterocycles. The number of sulfonamides is 1. The SMILES string of the molecule is Bc1ccc(C)cc1S(=O)(=O)Nc1ccc2c(c1)CCN(C(=O)OC(C)(C)C)C2. The Balaban J connectivity index is 1.77. The first-order chi connectivity index (χ1) is 13.4. The Morgan fingerprint density at radius 3 is 2.55 bits per heavy atom. The molecule has 1 N–H and O–H groups in total. The van der Waals surface area contributed by atoms with E-state index in [9.17, 15) is 13.2 Å². The van der Waals surface area contributed by atoms with Gasteiger partial charge in [0.15, 0.2) is 0 Å². The monoisotopic (exact) mass is 414 g/mol. The van der Waals surface area contributed by atoms with E-state index in [0.29, 0.717) is 30.7 Å². The van der Waals surface area contributed by atoms with Crippen molar-refractivity contribution in [2.75, 3.05) is 11.3 Å². The lowest BCUT2D eigenvalue weighted by Gasteiger charge is -2.31. The average molecular weight is 414 g/mol. The topological polar surface area (TPSA) is 75.7 Å². The highest BCUT2D eigenvalue weighted by atomic mass is 32.2. The molecule has 29 heavy (non-hydrogen) atoms. The number of benzene rings is 2. The lowest BCUT2D eigenvalue weighted by molar-refractivity contribution is 0.0224. The maximum absolute atomic E-state index is 12.8. The van der Waals surface area contributed by atoms with E-state index < -0.39 is 15.6 Å². The Morgan fingerprint density at radius 1 is 1.14 bits per heavy atom. The summed E-state index contributed by atoms with van der Waals surface area (Å²) in [6.07, 6.45) is 0.316. The number of aryl methyl sites for hydroxylation is 1. The Morgan fingerprint density at radius 2 is 1.86 bits per heavy atom. The van der Waals surface area contributed by atoms with Gasteiger partial charge in [0.25, 0.3) is 10.0 Å². The lowest BCUT2D eigenvalue weighted by Crippen LogP contribution is -2.39. The van der Waals surface area contributed by atoms with Gasteiger partial charge in [-0.3, -0.25) is 4.72 Å². The van der Waals surface area contributed by atoms with Gasteiger partial charge in [-0.15, -0.1) is 0 Å². The van der Waals surface area contributed by atoms with Crippen molar-refractivity contribution in [2.45, 2.75) is 51.2 Å². The molecule has 0 atom stereocenters. The van der Waals surface area contributed by atoms with E-state index in [0.717, 1.165) is 16.7 Å². The normalized spacial score (nSPS) is 14.3. The molecular weight excluding hydrogens is 387 g/mol. The fraction of sp³-hybridized carbons (Fsp3) is 0.381. The minimum absolute atomic E-state index is 0.284. The van der Waals surface area contributed by atoms with Crippen molar-refractivity contribution in [1.82, 2.24) is 4.90 Å². The molecule has 2 aromatic carbocycles. The van der Waals surface area contributed by atoms with Crippen LogP contribution < -0.4 is 10.2 Å². The van der Waals surface area contributed by atoms with Gasteiger partial charge in [-0.25, -0.2) is 13.2 Å². The number of amides is 1. The summed E-state index contributed by atoms with van der Waals surface area (Å²) in [6, 6.07) is 10.8. The van der Waals surface area contributed by atoms with E-state index in [1.54, 1.807) is 24.9 Å². The van der Waals surface area contributed by atoms with Gasteiger partial charge in [0.2, 0.25) is 0 Å². The molecule has 0 fully saturated rings. The van der Waals surface area contributed by atoms with Gasteiger partial charge in [0.1, 0.15) is 13.4 Å². The maximum atomic E-state index is 12.8. The molecule has 8 heteroatoms. The number of carbonyl (C=O) groups is 1. The standard InChI is InChI=1S/C21H27BN2O4S/c1-14-5-8-18(22)19(11-14)29(26,27)23-17-7-6-16-13-24(10-9-15(16)12-17)20(25)28-21(2,3)4/h5-8,11-12,23H,9-10,13,22H2,1-4H3. The first kappa shape index (κ1) is 21.2. The van der Waals surface area contributed by atoms with Gasteiger partial charge in [-0.1, -0.05) is 23.7 Å². The van der Waals surface area contributed by atoms with Crippen molar-refractivity contribution in [3.8, 4) is 0 Å². The third-order valence-electron chi connectivity index (χ3n) is 4.76. The number of carbonyl (C=O) groups excluding carboxylic acids is 1. The van der Waals surface area contributed by atoms with Crippen LogP contribution in [-0.4, -0.2) is 39.4 Å². The molecule has 0 saturated carbocycles. The van der Waals surface area contributed by atoms with E-state index in [1.807, 2.05) is 52.0 Å². The molecule has 6 nitrogen and oxygen atoms in total. The molecule has 3 rings (SSSR count). The number of hydrogen-bond acceptors (Lipinski definition) is 4. The van der Waals surface area contributed by atoms with E-state index >= 15 is 0 Å². The molecule has 0 unspecified atom stereocenters. The van der Waals surface area contributed by atoms with Crippen LogP contribution in [-0.2, 0) is 27.7 Å². The van der Waals surface area contributed by atoms with Crippen LogP contribution >= 0.6 is 0 Å². The summed E-state index contributed by atoms with van der Waals surface area (Å²) < 4.78 is 33.8. The highest BCUT2D eigenvalue weighted by Gasteiger charge is 2.26. The lowest BCUT2D eigenvalue weighted by atomic mass is 9.95. The zero-order valence-corrected chi connectivity index (χ0v) is 18.4. The van der Waals surface area contributed by atoms with Gasteiger partial charge in [0.05, 0.1) is 4.90 Å². The van der Waals surface area contributed by atoms with Crippen LogP contribution in [0, 0.1) is 6.92 Å². The van der Waals surface area contributed by atoms with Gasteiger partial charge >= 0.3 is 6.09 Å². The molecule has 154 valence electrons. The molecular formula is C21H27BN2O4S. The summed E-state index contributed by atoms with van der Waals surface area (Å²) in [5.74, 6) is 0. The van der Waals surface area contributed by atoms with Gasteiger partial charge in [0, 0.05) is 18.8 Å². The summed E-state index contributed by atoms with van der Waals surface area (Å²) in [5, 5.41) is 0. The van der Waals surface area contributed by atoms with Crippen LogP contribution in [0.4, 0.5) is 10.5 Å². The fourth-order valence-electron chi connectivity index (χ4n) is 3.31. The first-order valence-corrected chi connectivity index (χ1v) is 11.1. The highest BCUT2D eigenvalue weighted by Crippen LogP contribution is 2.25. The van der Waals surface area contributed by atoms with Crippen LogP contribution in [0.2, 0.25) is 0 Å². The number of nitrogens with one attached hydrogen (secondary N) is 1. The number of nitrogens with zero attached hydrogens (tertiary/aromatic N) is 1. The van der Waals surface area contributed by atoms with Crippen LogP contribution in [0.25, 0.3) is 0 Å². The highest BCUT2D eigenvalue weighted by molar-refractivity contribution is 7.93. The maximum Gasteiger partial charge on any atom is 0.410 e. The molecule has 0 spiro atoms. The second-order valence-electron chi connectivity index (χ2n) is 8.51. The zero-order valence-electron chi connectivity index (χ0n) is 17.6. The second kappa shape index (κ2) is 7.74. The van der Waals surface area contributed by atoms with Crippen LogP contribution in [0.5, 0.6) is 0 Å². The molecule has 2 aromatic rings. The van der Waals surface area contributed by atoms with Crippen molar-refractivity contribution in [3.05, 3.63) is 53.1 Å². The second-order valence-corrected chi connectivity index (χ2v) is 10.2. The number of fused-ring (bicyclic) bond motifs is 1. The number of hydrogen-bond donors (Lipinski definition) is 1. The van der Waals surface area contributed by atoms with Crippen LogP contribution in [0.1, 0.15) is 37.5 Å². The number of ether oxygens (including phenoxy) is 1. The van der Waals surface area contributed by atoms with Crippen molar-refractivity contribution >= 4 is 35.1 Å². The third kappa shape index (κ3) is 5.12. The molecule has 0 radical (unpaired) electrons. The Labute approximate surface area is 173 Å². The number of anilines is 1. The van der Waals surface area contributed by atoms with Gasteiger partial charge in [-0.05, 0) is 69.0 Å². The summed E-state index contributed by atoms with van der Waals surface area (Å²) in [6.45, 7) is 8.39. The number of rotatable bonds is 3. The zero-order chi connectivity index (χ0) is 21.4. The Hall–Kier alpha value is -2.48. The van der Waals surface area contributed by atoms with E-state index in [4.69, 9.17) is 4.74 Å². The van der Waals surface area contributed by atoms with Gasteiger partial charge in [-0.2, -0.15) is 0 Å². The Bertz CT molecular complexity index is 1050. The van der Waals surface area contributed by atoms with Crippen molar-refractivity contribution in [1.29, 1.82) is 0 Å². The summed E-state index contributed by atoms with van der Waals surface area (Å²) in [7, 11) is -1.89. The van der Waals surface area contributed by atoms with Crippen LogP contribution in [0.15, 0.2) is 41.3 Å². The molecule has 1 heterocycles. The minimum atomic E-state index is -3.67. The predicted octanol–water partition coefficient (Wildman–Crippen LogP) is 2.35. The van der Waals surface area contributed by atoms with E-state index in [1.165, 1.54) is 0 Å². The molecule has 1 aliphatic rings. The van der Waals surface area contributed by atoms with Crippen molar-refractivity contribution in [3.63, 3.8) is 0 Å². The van der Waals surface area contributed by atoms with Crippen molar-refractivity contribution in [2.24, 2.45) is 0 Å². The largest absolute Gasteiger partial charge is 0.444 e. The van der Waals surface area contributed by atoms with Crippen LogP contribution in [0.3, 0.4) is 0 Å². The van der Waals surface area contributed by atoms with Crippen molar-refractivity contribution < 1.29 is 17.9 Å². The average Bonchev–Trinajstić information content (AvgIpc) is 2.61. The minimum Gasteiger partial charge on any atom is -0.444 e. The Kier molecular flexibility index (Phi) is 5.67. The smallest absolute Gasteiger partial charge is 0.410 e. The summed E-state index contributed by atoms with van der Waals surface area (Å²) >= 11 is 0. The molecule has 1 amide bonds. The molecule has 0 saturated heterocycles. The quantitative estimate of drug-likeness (QED) is 0.783. The summed E-state index contributed by atoms with van der Waals surface area (Å²) in [5.41, 5.74) is 3.61. The predicted molar refractivity (Wildman–Crippen MR) is 117 cm³/mol. The molecule has 0 bridgehead atoms. The van der Waals surface area contributed by atoms with E-state index in [2.05, 4.69) is 4.72 Å². The third-order valence-corrected chi connectivity index (χ3v) is 6.28. The first-order valence-electron chi connectivity index (χ1n) is 9.64. The van der Waals surface area contributed by atoms with Gasteiger partial charge < -0.3 is 9.64 Å². The summed E-state index contributed by atoms with van der Waals surface area (Å²) in [4.78, 5) is 14.3. The molecule has 0 aliphatic carbocycles. The fourth-order valence-corrected chi connectivity index (χ4v) is 4.69.